The first-order valence-corrected chi connectivity index (χ1v) is 13.1. The van der Waals surface area contributed by atoms with Crippen molar-refractivity contribution in [1.82, 2.24) is 20.4 Å². The van der Waals surface area contributed by atoms with Crippen LogP contribution in [0.25, 0.3) is 0 Å². The van der Waals surface area contributed by atoms with Crippen molar-refractivity contribution < 1.29 is 4.79 Å². The number of amides is 1. The summed E-state index contributed by atoms with van der Waals surface area (Å²) < 4.78 is 0. The van der Waals surface area contributed by atoms with Gasteiger partial charge in [0, 0.05) is 55.6 Å². The van der Waals surface area contributed by atoms with E-state index in [4.69, 9.17) is 4.99 Å². The Morgan fingerprint density at radius 2 is 2.06 bits per heavy atom. The van der Waals surface area contributed by atoms with E-state index in [1.165, 1.54) is 24.8 Å². The summed E-state index contributed by atoms with van der Waals surface area (Å²) >= 11 is 1.89. The molecule has 8 heteroatoms. The van der Waals surface area contributed by atoms with Gasteiger partial charge in [-0.15, -0.1) is 35.3 Å². The standard InChI is InChI=1S/C24H39N5OS.HI/c1-3-25-24(26-15-18(2)28-13-10-22-20(16-28)11-14-31-22)27-21-9-12-29(17-21)23(30)19-7-5-4-6-8-19;/h11,14,18-19,21H,3-10,12-13,15-17H2,1-2H3,(H2,25,26,27);1H. The molecule has 180 valence electrons. The van der Waals surface area contributed by atoms with Crippen molar-refractivity contribution >= 4 is 47.2 Å². The Labute approximate surface area is 214 Å². The predicted molar refractivity (Wildman–Crippen MR) is 144 cm³/mol. The molecule has 4 rings (SSSR count). The maximum Gasteiger partial charge on any atom is 0.225 e. The number of aliphatic imine (C=N–C) groups is 1. The Bertz CT molecular complexity index is 763. The zero-order valence-electron chi connectivity index (χ0n) is 19.6. The van der Waals surface area contributed by atoms with E-state index in [0.29, 0.717) is 18.0 Å². The smallest absolute Gasteiger partial charge is 0.225 e. The molecular formula is C24H40IN5OS. The third-order valence-electron chi connectivity index (χ3n) is 7.11. The number of guanidine groups is 1. The molecule has 6 nitrogen and oxygen atoms in total. The Kier molecular flexibility index (Phi) is 10.1. The fraction of sp³-hybridized carbons (Fsp3) is 0.750. The third-order valence-corrected chi connectivity index (χ3v) is 8.14. The normalized spacial score (nSPS) is 23.4. The average molecular weight is 574 g/mol. The van der Waals surface area contributed by atoms with Gasteiger partial charge in [0.2, 0.25) is 5.91 Å². The molecule has 1 aromatic heterocycles. The Balaban J connectivity index is 0.00000289. The average Bonchev–Trinajstić information content (AvgIpc) is 3.46. The number of thiophene rings is 1. The zero-order chi connectivity index (χ0) is 21.6. The molecule has 1 aliphatic carbocycles. The molecule has 2 unspecified atom stereocenters. The molecule has 3 heterocycles. The number of nitrogens with one attached hydrogen (secondary N) is 2. The molecule has 2 aliphatic heterocycles. The monoisotopic (exact) mass is 573 g/mol. The lowest BCUT2D eigenvalue weighted by molar-refractivity contribution is -0.135. The van der Waals surface area contributed by atoms with Crippen LogP contribution in [0.2, 0.25) is 0 Å². The van der Waals surface area contributed by atoms with Gasteiger partial charge in [0.15, 0.2) is 5.96 Å². The molecule has 2 fully saturated rings. The van der Waals surface area contributed by atoms with Crippen molar-refractivity contribution in [3.05, 3.63) is 21.9 Å². The van der Waals surface area contributed by atoms with Crippen LogP contribution in [0, 0.1) is 5.92 Å². The predicted octanol–water partition coefficient (Wildman–Crippen LogP) is 3.85. The lowest BCUT2D eigenvalue weighted by atomic mass is 9.88. The van der Waals surface area contributed by atoms with Crippen LogP contribution in [0.3, 0.4) is 0 Å². The van der Waals surface area contributed by atoms with Crippen molar-refractivity contribution in [3.8, 4) is 0 Å². The van der Waals surface area contributed by atoms with E-state index >= 15 is 0 Å². The number of nitrogens with zero attached hydrogens (tertiary/aromatic N) is 3. The molecule has 1 amide bonds. The van der Waals surface area contributed by atoms with E-state index in [0.717, 1.165) is 70.9 Å². The van der Waals surface area contributed by atoms with E-state index in [2.05, 4.69) is 45.7 Å². The first-order chi connectivity index (χ1) is 15.1. The van der Waals surface area contributed by atoms with E-state index in [9.17, 15) is 4.79 Å². The van der Waals surface area contributed by atoms with Crippen molar-refractivity contribution in [2.45, 2.75) is 77.4 Å². The van der Waals surface area contributed by atoms with Gasteiger partial charge in [-0.3, -0.25) is 14.7 Å². The summed E-state index contributed by atoms with van der Waals surface area (Å²) in [5.41, 5.74) is 1.49. The maximum absolute atomic E-state index is 12.9. The molecule has 2 N–H and O–H groups in total. The molecule has 1 saturated carbocycles. The SMILES string of the molecule is CCNC(=NCC(C)N1CCc2sccc2C1)NC1CCN(C(=O)C2CCCCC2)C1.I. The van der Waals surface area contributed by atoms with Crippen LogP contribution in [0.4, 0.5) is 0 Å². The first-order valence-electron chi connectivity index (χ1n) is 12.3. The van der Waals surface area contributed by atoms with Gasteiger partial charge in [0.25, 0.3) is 0 Å². The molecule has 1 saturated heterocycles. The molecule has 0 aromatic carbocycles. The van der Waals surface area contributed by atoms with Gasteiger partial charge >= 0.3 is 0 Å². The van der Waals surface area contributed by atoms with Crippen molar-refractivity contribution in [2.24, 2.45) is 10.9 Å². The molecular weight excluding hydrogens is 533 g/mol. The van der Waals surface area contributed by atoms with Crippen LogP contribution in [0.15, 0.2) is 16.4 Å². The minimum atomic E-state index is 0. The minimum absolute atomic E-state index is 0. The summed E-state index contributed by atoms with van der Waals surface area (Å²) in [4.78, 5) is 24.0. The van der Waals surface area contributed by atoms with Crippen molar-refractivity contribution in [3.63, 3.8) is 0 Å². The van der Waals surface area contributed by atoms with Gasteiger partial charge in [0.05, 0.1) is 6.54 Å². The number of hydrogen-bond acceptors (Lipinski definition) is 4. The van der Waals surface area contributed by atoms with Crippen LogP contribution >= 0.6 is 35.3 Å². The van der Waals surface area contributed by atoms with Crippen LogP contribution in [0.5, 0.6) is 0 Å². The van der Waals surface area contributed by atoms with E-state index < -0.39 is 0 Å². The molecule has 0 radical (unpaired) electrons. The number of fused-ring (bicyclic) bond motifs is 1. The second-order valence-electron chi connectivity index (χ2n) is 9.41. The molecule has 3 aliphatic rings. The quantitative estimate of drug-likeness (QED) is 0.309. The highest BCUT2D eigenvalue weighted by molar-refractivity contribution is 14.0. The lowest BCUT2D eigenvalue weighted by Crippen LogP contribution is -2.46. The van der Waals surface area contributed by atoms with Gasteiger partial charge < -0.3 is 15.5 Å². The second-order valence-corrected chi connectivity index (χ2v) is 10.4. The second kappa shape index (κ2) is 12.6. The van der Waals surface area contributed by atoms with Gasteiger partial charge in [0.1, 0.15) is 0 Å². The number of carbonyl (C=O) groups is 1. The maximum atomic E-state index is 12.9. The first kappa shape index (κ1) is 25.7. The summed E-state index contributed by atoms with van der Waals surface area (Å²) in [5, 5.41) is 9.22. The Morgan fingerprint density at radius 3 is 2.84 bits per heavy atom. The zero-order valence-corrected chi connectivity index (χ0v) is 22.8. The van der Waals surface area contributed by atoms with Gasteiger partial charge in [-0.25, -0.2) is 0 Å². The Hall–Kier alpha value is -0.870. The molecule has 32 heavy (non-hydrogen) atoms. The Morgan fingerprint density at radius 1 is 1.25 bits per heavy atom. The van der Waals surface area contributed by atoms with Crippen molar-refractivity contribution in [1.29, 1.82) is 0 Å². The number of halogens is 1. The minimum Gasteiger partial charge on any atom is -0.357 e. The van der Waals surface area contributed by atoms with Crippen LogP contribution in [-0.4, -0.2) is 66.5 Å². The number of rotatable bonds is 6. The highest BCUT2D eigenvalue weighted by Gasteiger charge is 2.32. The van der Waals surface area contributed by atoms with Gasteiger partial charge in [-0.1, -0.05) is 19.3 Å². The largest absolute Gasteiger partial charge is 0.357 e. The summed E-state index contributed by atoms with van der Waals surface area (Å²) in [6.45, 7) is 9.87. The molecule has 0 bridgehead atoms. The molecule has 2 atom stereocenters. The van der Waals surface area contributed by atoms with Gasteiger partial charge in [-0.2, -0.15) is 0 Å². The molecule has 1 aromatic rings. The fourth-order valence-corrected chi connectivity index (χ4v) is 6.07. The van der Waals surface area contributed by atoms with Crippen LogP contribution in [-0.2, 0) is 17.8 Å². The third kappa shape index (κ3) is 6.59. The van der Waals surface area contributed by atoms with E-state index in [1.807, 2.05) is 11.3 Å². The summed E-state index contributed by atoms with van der Waals surface area (Å²) in [5.74, 6) is 1.54. The summed E-state index contributed by atoms with van der Waals surface area (Å²) in [7, 11) is 0. The number of hydrogen-bond donors (Lipinski definition) is 2. The van der Waals surface area contributed by atoms with Crippen molar-refractivity contribution in [2.75, 3.05) is 32.7 Å². The summed E-state index contributed by atoms with van der Waals surface area (Å²) in [6, 6.07) is 2.98. The highest BCUT2D eigenvalue weighted by Crippen LogP contribution is 2.27. The van der Waals surface area contributed by atoms with E-state index in [1.54, 1.807) is 4.88 Å². The number of carbonyl (C=O) groups excluding carboxylic acids is 1. The molecule has 0 spiro atoms. The topological polar surface area (TPSA) is 60.0 Å². The van der Waals surface area contributed by atoms with E-state index in [-0.39, 0.29) is 29.9 Å². The van der Waals surface area contributed by atoms with Gasteiger partial charge in [-0.05, 0) is 56.5 Å². The fourth-order valence-electron chi connectivity index (χ4n) is 5.18. The van der Waals surface area contributed by atoms with Crippen LogP contribution in [0.1, 0.15) is 62.8 Å². The van der Waals surface area contributed by atoms with Crippen LogP contribution < -0.4 is 10.6 Å². The summed E-state index contributed by atoms with van der Waals surface area (Å²) in [6.07, 6.45) is 8.05. The highest BCUT2D eigenvalue weighted by atomic mass is 127. The number of likely N-dealkylation sites (tertiary alicyclic amines) is 1. The lowest BCUT2D eigenvalue weighted by Gasteiger charge is -2.31.